The van der Waals surface area contributed by atoms with Gasteiger partial charge in [-0.15, -0.1) is 0 Å². The van der Waals surface area contributed by atoms with Crippen LogP contribution in [-0.2, 0) is 16.1 Å². The fraction of sp³-hybridized carbons (Fsp3) is 0.562. The molecule has 2 rings (SSSR count). The van der Waals surface area contributed by atoms with Gasteiger partial charge in [-0.25, -0.2) is 0 Å². The van der Waals surface area contributed by atoms with Crippen LogP contribution in [0.25, 0.3) is 0 Å². The Morgan fingerprint density at radius 2 is 1.72 bits per heavy atom. The molecule has 0 amide bonds. The molecule has 0 atom stereocenters. The van der Waals surface area contributed by atoms with Gasteiger partial charge in [0.05, 0.1) is 6.61 Å². The van der Waals surface area contributed by atoms with E-state index in [9.17, 15) is 4.79 Å². The smallest absolute Gasteiger partial charge is 0.132 e. The normalized spacial score (nSPS) is 16.0. The first-order valence-corrected chi connectivity index (χ1v) is 6.98. The Bertz CT molecular complexity index is 322. The van der Waals surface area contributed by atoms with Gasteiger partial charge in [0.15, 0.2) is 0 Å². The van der Waals surface area contributed by atoms with Crippen molar-refractivity contribution in [1.82, 2.24) is 0 Å². The van der Waals surface area contributed by atoms with Crippen molar-refractivity contribution in [3.63, 3.8) is 0 Å². The highest BCUT2D eigenvalue weighted by Crippen LogP contribution is 2.21. The first-order valence-electron chi connectivity index (χ1n) is 6.98. The summed E-state index contributed by atoms with van der Waals surface area (Å²) in [7, 11) is 0. The van der Waals surface area contributed by atoms with Crippen LogP contribution in [0, 0.1) is 5.92 Å². The summed E-state index contributed by atoms with van der Waals surface area (Å²) in [5.74, 6) is 1.00. The predicted octanol–water partition coefficient (Wildman–Crippen LogP) is 3.99. The van der Waals surface area contributed by atoms with E-state index >= 15 is 0 Å². The summed E-state index contributed by atoms with van der Waals surface area (Å²) in [5.41, 5.74) is 1.22. The second-order valence-electron chi connectivity index (χ2n) is 4.48. The summed E-state index contributed by atoms with van der Waals surface area (Å²) in [6, 6.07) is 10.2. The second-order valence-corrected chi connectivity index (χ2v) is 4.48. The van der Waals surface area contributed by atoms with Crippen molar-refractivity contribution < 1.29 is 9.53 Å². The van der Waals surface area contributed by atoms with Crippen molar-refractivity contribution in [2.75, 3.05) is 6.61 Å². The lowest BCUT2D eigenvalue weighted by Gasteiger charge is -2.20. The van der Waals surface area contributed by atoms with Crippen LogP contribution in [0.5, 0.6) is 0 Å². The first kappa shape index (κ1) is 14.9. The number of hydrogen-bond acceptors (Lipinski definition) is 2. The number of carbonyl (C=O) groups excluding carboxylic acids is 1. The molecule has 0 unspecified atom stereocenters. The molecule has 2 nitrogen and oxygen atoms in total. The highest BCUT2D eigenvalue weighted by Gasteiger charge is 2.18. The van der Waals surface area contributed by atoms with E-state index in [1.54, 1.807) is 0 Å². The largest absolute Gasteiger partial charge is 0.376 e. The second kappa shape index (κ2) is 8.87. The Kier molecular flexibility index (Phi) is 7.35. The van der Waals surface area contributed by atoms with Gasteiger partial charge in [-0.2, -0.15) is 0 Å². The minimum atomic E-state index is 0.416. The van der Waals surface area contributed by atoms with Crippen molar-refractivity contribution in [3.05, 3.63) is 35.9 Å². The SMILES string of the molecule is CC.O=C1CCC(COCc2ccccc2)CC1. The van der Waals surface area contributed by atoms with Crippen molar-refractivity contribution in [2.24, 2.45) is 5.92 Å². The topological polar surface area (TPSA) is 26.3 Å². The van der Waals surface area contributed by atoms with Gasteiger partial charge in [0.1, 0.15) is 5.78 Å². The fourth-order valence-corrected chi connectivity index (χ4v) is 2.08. The Labute approximate surface area is 110 Å². The summed E-state index contributed by atoms with van der Waals surface area (Å²) >= 11 is 0. The highest BCUT2D eigenvalue weighted by molar-refractivity contribution is 5.79. The molecule has 0 spiro atoms. The van der Waals surface area contributed by atoms with Gasteiger partial charge in [0, 0.05) is 19.4 Å². The lowest BCUT2D eigenvalue weighted by molar-refractivity contribution is -0.121. The van der Waals surface area contributed by atoms with E-state index < -0.39 is 0 Å². The molecule has 0 aliphatic heterocycles. The molecule has 0 heterocycles. The summed E-state index contributed by atoms with van der Waals surface area (Å²) in [6.45, 7) is 5.48. The third-order valence-electron chi connectivity index (χ3n) is 3.13. The van der Waals surface area contributed by atoms with Gasteiger partial charge in [0.2, 0.25) is 0 Å². The van der Waals surface area contributed by atoms with Crippen LogP contribution in [0.4, 0.5) is 0 Å². The van der Waals surface area contributed by atoms with Gasteiger partial charge in [-0.3, -0.25) is 4.79 Å². The first-order chi connectivity index (χ1) is 8.84. The van der Waals surface area contributed by atoms with Crippen LogP contribution in [0.3, 0.4) is 0 Å². The van der Waals surface area contributed by atoms with Crippen LogP contribution in [0.15, 0.2) is 30.3 Å². The zero-order chi connectivity index (χ0) is 13.2. The Hall–Kier alpha value is -1.15. The maximum atomic E-state index is 11.1. The molecule has 0 saturated heterocycles. The molecular weight excluding hydrogens is 224 g/mol. The van der Waals surface area contributed by atoms with Crippen molar-refractivity contribution in [3.8, 4) is 0 Å². The van der Waals surface area contributed by atoms with Gasteiger partial charge in [-0.05, 0) is 24.3 Å². The van der Waals surface area contributed by atoms with Gasteiger partial charge < -0.3 is 4.74 Å². The molecule has 1 aliphatic rings. The van der Waals surface area contributed by atoms with Crippen molar-refractivity contribution in [1.29, 1.82) is 0 Å². The number of benzene rings is 1. The lowest BCUT2D eigenvalue weighted by Crippen LogP contribution is -2.18. The number of carbonyl (C=O) groups is 1. The maximum absolute atomic E-state index is 11.1. The van der Waals surface area contributed by atoms with Crippen LogP contribution in [0.2, 0.25) is 0 Å². The van der Waals surface area contributed by atoms with Crippen LogP contribution < -0.4 is 0 Å². The van der Waals surface area contributed by atoms with E-state index in [0.717, 1.165) is 32.3 Å². The molecule has 1 saturated carbocycles. The molecule has 1 aliphatic carbocycles. The molecule has 18 heavy (non-hydrogen) atoms. The number of hydrogen-bond donors (Lipinski definition) is 0. The molecule has 100 valence electrons. The Morgan fingerprint density at radius 1 is 1.11 bits per heavy atom. The van der Waals surface area contributed by atoms with E-state index in [1.807, 2.05) is 32.0 Å². The fourth-order valence-electron chi connectivity index (χ4n) is 2.08. The molecule has 1 fully saturated rings. The third-order valence-corrected chi connectivity index (χ3v) is 3.13. The van der Waals surface area contributed by atoms with Crippen molar-refractivity contribution in [2.45, 2.75) is 46.1 Å². The molecule has 1 aromatic carbocycles. The maximum Gasteiger partial charge on any atom is 0.132 e. The van der Waals surface area contributed by atoms with Gasteiger partial charge in [-0.1, -0.05) is 44.2 Å². The third kappa shape index (κ3) is 5.46. The zero-order valence-electron chi connectivity index (χ0n) is 11.5. The quantitative estimate of drug-likeness (QED) is 0.805. The monoisotopic (exact) mass is 248 g/mol. The van der Waals surface area contributed by atoms with Crippen LogP contribution in [-0.4, -0.2) is 12.4 Å². The number of ketones is 1. The summed E-state index contributed by atoms with van der Waals surface area (Å²) < 4.78 is 5.68. The summed E-state index contributed by atoms with van der Waals surface area (Å²) in [5, 5.41) is 0. The van der Waals surface area contributed by atoms with Gasteiger partial charge in [0.25, 0.3) is 0 Å². The van der Waals surface area contributed by atoms with Crippen molar-refractivity contribution >= 4 is 5.78 Å². The highest BCUT2D eigenvalue weighted by atomic mass is 16.5. The lowest BCUT2D eigenvalue weighted by atomic mass is 9.89. The standard InChI is InChI=1S/C14H18O2.C2H6/c15-14-8-6-13(7-9-14)11-16-10-12-4-2-1-3-5-12;1-2/h1-5,13H,6-11H2;1-2H3. The summed E-state index contributed by atoms with van der Waals surface area (Å²) in [4.78, 5) is 11.1. The Morgan fingerprint density at radius 3 is 2.33 bits per heavy atom. The molecule has 0 N–H and O–H groups in total. The number of rotatable bonds is 4. The van der Waals surface area contributed by atoms with Gasteiger partial charge >= 0.3 is 0 Å². The van der Waals surface area contributed by atoms with Crippen LogP contribution in [0.1, 0.15) is 45.1 Å². The summed E-state index contributed by atoms with van der Waals surface area (Å²) in [6.07, 6.45) is 3.51. The molecule has 0 aromatic heterocycles. The number of ether oxygens (including phenoxy) is 1. The number of Topliss-reactive ketones (excluding diaryl/α,β-unsaturated/α-hetero) is 1. The average Bonchev–Trinajstić information content (AvgIpc) is 2.44. The minimum Gasteiger partial charge on any atom is -0.376 e. The van der Waals surface area contributed by atoms with E-state index in [4.69, 9.17) is 4.74 Å². The molecule has 1 aromatic rings. The zero-order valence-corrected chi connectivity index (χ0v) is 11.5. The van der Waals surface area contributed by atoms with E-state index in [2.05, 4.69) is 12.1 Å². The molecule has 0 radical (unpaired) electrons. The molecule has 0 bridgehead atoms. The molecular formula is C16H24O2. The Balaban J connectivity index is 0.000000771. The molecule has 2 heteroatoms. The van der Waals surface area contributed by atoms with E-state index in [-0.39, 0.29) is 0 Å². The average molecular weight is 248 g/mol. The minimum absolute atomic E-state index is 0.416. The van der Waals surface area contributed by atoms with Crippen LogP contribution >= 0.6 is 0 Å². The van der Waals surface area contributed by atoms with E-state index in [0.29, 0.717) is 18.3 Å². The predicted molar refractivity (Wildman–Crippen MR) is 74.4 cm³/mol. The van der Waals surface area contributed by atoms with E-state index in [1.165, 1.54) is 5.56 Å².